The van der Waals surface area contributed by atoms with Gasteiger partial charge in [0.1, 0.15) is 5.75 Å². The van der Waals surface area contributed by atoms with Gasteiger partial charge in [0.05, 0.1) is 26.9 Å². The summed E-state index contributed by atoms with van der Waals surface area (Å²) >= 11 is 0. The highest BCUT2D eigenvalue weighted by molar-refractivity contribution is 6.46. The molecule has 130 valence electrons. The minimum atomic E-state index is -1.06. The normalized spacial score (nSPS) is 16.1. The molecule has 0 aliphatic carbocycles. The van der Waals surface area contributed by atoms with Crippen LogP contribution < -0.4 is 18.9 Å². The first kappa shape index (κ1) is 16.8. The van der Waals surface area contributed by atoms with Crippen LogP contribution in [-0.4, -0.2) is 32.9 Å². The van der Waals surface area contributed by atoms with Crippen molar-refractivity contribution < 1.29 is 28.5 Å². The van der Waals surface area contributed by atoms with Gasteiger partial charge in [-0.25, -0.2) is 0 Å². The maximum atomic E-state index is 12.6. The monoisotopic (exact) mass is 342 g/mol. The molecule has 1 aliphatic heterocycles. The maximum absolute atomic E-state index is 12.6. The summed E-state index contributed by atoms with van der Waals surface area (Å²) in [5.41, 5.74) is 1.63. The van der Waals surface area contributed by atoms with E-state index in [1.165, 1.54) is 21.3 Å². The second-order valence-electron chi connectivity index (χ2n) is 5.65. The molecule has 0 bridgehead atoms. The van der Waals surface area contributed by atoms with E-state index in [0.717, 1.165) is 5.56 Å². The first-order chi connectivity index (χ1) is 12.0. The molecule has 1 heterocycles. The van der Waals surface area contributed by atoms with Gasteiger partial charge >= 0.3 is 0 Å². The highest BCUT2D eigenvalue weighted by atomic mass is 16.5. The third-order valence-electron chi connectivity index (χ3n) is 4.08. The van der Waals surface area contributed by atoms with Crippen LogP contribution in [0.15, 0.2) is 30.3 Å². The van der Waals surface area contributed by atoms with Crippen LogP contribution in [0, 0.1) is 6.92 Å². The lowest BCUT2D eigenvalue weighted by Gasteiger charge is -2.25. The van der Waals surface area contributed by atoms with Gasteiger partial charge in [0.25, 0.3) is 0 Å². The van der Waals surface area contributed by atoms with Crippen molar-refractivity contribution in [1.82, 2.24) is 0 Å². The Labute approximate surface area is 145 Å². The lowest BCUT2D eigenvalue weighted by Crippen LogP contribution is -2.31. The van der Waals surface area contributed by atoms with Crippen molar-refractivity contribution in [2.75, 3.05) is 21.3 Å². The fraction of sp³-hybridized carbons (Fsp3) is 0.263. The summed E-state index contributed by atoms with van der Waals surface area (Å²) in [6.07, 6.45) is -1.06. The molecule has 2 aromatic rings. The molecular formula is C19H18O6. The summed E-state index contributed by atoms with van der Waals surface area (Å²) in [5, 5.41) is 0. The SMILES string of the molecule is COc1cc(C2Oc3ccc(C)cc3C(=O)C2=O)cc(OC)c1OC. The van der Waals surface area contributed by atoms with Gasteiger partial charge in [-0.3, -0.25) is 9.59 Å². The van der Waals surface area contributed by atoms with E-state index in [0.29, 0.717) is 28.6 Å². The number of carbonyl (C=O) groups is 2. The highest BCUT2D eigenvalue weighted by Gasteiger charge is 2.37. The predicted octanol–water partition coefficient (Wildman–Crippen LogP) is 2.91. The Morgan fingerprint density at radius 1 is 0.920 bits per heavy atom. The predicted molar refractivity (Wildman–Crippen MR) is 90.0 cm³/mol. The zero-order valence-electron chi connectivity index (χ0n) is 14.4. The van der Waals surface area contributed by atoms with Gasteiger partial charge in [-0.2, -0.15) is 0 Å². The fourth-order valence-electron chi connectivity index (χ4n) is 2.83. The molecule has 6 nitrogen and oxygen atoms in total. The molecular weight excluding hydrogens is 324 g/mol. The summed E-state index contributed by atoms with van der Waals surface area (Å²) < 4.78 is 21.7. The zero-order valence-corrected chi connectivity index (χ0v) is 14.4. The maximum Gasteiger partial charge on any atom is 0.248 e. The number of rotatable bonds is 4. The van der Waals surface area contributed by atoms with Crippen LogP contribution in [0.25, 0.3) is 0 Å². The Hall–Kier alpha value is -3.02. The van der Waals surface area contributed by atoms with Gasteiger partial charge in [0.15, 0.2) is 17.6 Å². The topological polar surface area (TPSA) is 71.1 Å². The number of fused-ring (bicyclic) bond motifs is 1. The zero-order chi connectivity index (χ0) is 18.1. The number of Topliss-reactive ketones (excluding diaryl/α,β-unsaturated/α-hetero) is 2. The average Bonchev–Trinajstić information content (AvgIpc) is 2.63. The van der Waals surface area contributed by atoms with Crippen LogP contribution in [-0.2, 0) is 4.79 Å². The first-order valence-corrected chi connectivity index (χ1v) is 7.66. The number of ketones is 2. The van der Waals surface area contributed by atoms with Crippen molar-refractivity contribution in [2.24, 2.45) is 0 Å². The Morgan fingerprint density at radius 2 is 1.56 bits per heavy atom. The number of hydrogen-bond donors (Lipinski definition) is 0. The quantitative estimate of drug-likeness (QED) is 0.796. The van der Waals surface area contributed by atoms with Gasteiger partial charge in [-0.15, -0.1) is 0 Å². The molecule has 1 aliphatic rings. The van der Waals surface area contributed by atoms with Gasteiger partial charge in [-0.1, -0.05) is 11.6 Å². The third-order valence-corrected chi connectivity index (χ3v) is 4.08. The second-order valence-corrected chi connectivity index (χ2v) is 5.65. The molecule has 0 amide bonds. The van der Waals surface area contributed by atoms with Crippen LogP contribution in [0.3, 0.4) is 0 Å². The number of benzene rings is 2. The van der Waals surface area contributed by atoms with Gasteiger partial charge in [0.2, 0.25) is 17.3 Å². The molecule has 3 rings (SSSR count). The number of methoxy groups -OCH3 is 3. The third kappa shape index (κ3) is 2.80. The highest BCUT2D eigenvalue weighted by Crippen LogP contribution is 2.42. The fourth-order valence-corrected chi connectivity index (χ4v) is 2.83. The first-order valence-electron chi connectivity index (χ1n) is 7.66. The number of carbonyl (C=O) groups excluding carboxylic acids is 2. The molecule has 0 radical (unpaired) electrons. The van der Waals surface area contributed by atoms with Gasteiger partial charge in [0, 0.05) is 5.56 Å². The lowest BCUT2D eigenvalue weighted by atomic mass is 9.93. The Bertz CT molecular complexity index is 830. The molecule has 0 saturated heterocycles. The lowest BCUT2D eigenvalue weighted by molar-refractivity contribution is -0.122. The van der Waals surface area contributed by atoms with E-state index in [1.54, 1.807) is 24.3 Å². The van der Waals surface area contributed by atoms with Crippen molar-refractivity contribution in [3.8, 4) is 23.0 Å². The van der Waals surface area contributed by atoms with E-state index in [2.05, 4.69) is 0 Å². The van der Waals surface area contributed by atoms with Crippen molar-refractivity contribution in [3.05, 3.63) is 47.0 Å². The van der Waals surface area contributed by atoms with E-state index in [9.17, 15) is 9.59 Å². The average molecular weight is 342 g/mol. The molecule has 0 aromatic heterocycles. The van der Waals surface area contributed by atoms with Crippen LogP contribution in [0.4, 0.5) is 0 Å². The Kier molecular flexibility index (Phi) is 4.35. The van der Waals surface area contributed by atoms with Crippen molar-refractivity contribution in [3.63, 3.8) is 0 Å². The van der Waals surface area contributed by atoms with Crippen LogP contribution in [0.5, 0.6) is 23.0 Å². The van der Waals surface area contributed by atoms with E-state index in [1.807, 2.05) is 13.0 Å². The van der Waals surface area contributed by atoms with Crippen LogP contribution in [0.1, 0.15) is 27.6 Å². The molecule has 0 saturated carbocycles. The molecule has 25 heavy (non-hydrogen) atoms. The standard InChI is InChI=1S/C19H18O6/c1-10-5-6-13-12(7-10)16(20)17(21)18(25-13)11-8-14(22-2)19(24-4)15(9-11)23-3/h5-9,18H,1-4H3. The van der Waals surface area contributed by atoms with Crippen molar-refractivity contribution >= 4 is 11.6 Å². The summed E-state index contributed by atoms with van der Waals surface area (Å²) in [6, 6.07) is 8.39. The molecule has 6 heteroatoms. The molecule has 2 aromatic carbocycles. The van der Waals surface area contributed by atoms with E-state index in [-0.39, 0.29) is 5.56 Å². The summed E-state index contributed by atoms with van der Waals surface area (Å²) in [5.74, 6) is 0.357. The van der Waals surface area contributed by atoms with E-state index in [4.69, 9.17) is 18.9 Å². The van der Waals surface area contributed by atoms with E-state index < -0.39 is 17.7 Å². The summed E-state index contributed by atoms with van der Waals surface area (Å²) in [6.45, 7) is 1.85. The van der Waals surface area contributed by atoms with Crippen molar-refractivity contribution in [2.45, 2.75) is 13.0 Å². The smallest absolute Gasteiger partial charge is 0.248 e. The van der Waals surface area contributed by atoms with E-state index >= 15 is 0 Å². The van der Waals surface area contributed by atoms with Crippen molar-refractivity contribution in [1.29, 1.82) is 0 Å². The molecule has 0 N–H and O–H groups in total. The van der Waals surface area contributed by atoms with Gasteiger partial charge in [-0.05, 0) is 31.2 Å². The minimum Gasteiger partial charge on any atom is -0.493 e. The Morgan fingerprint density at radius 3 is 2.12 bits per heavy atom. The van der Waals surface area contributed by atoms with Crippen LogP contribution >= 0.6 is 0 Å². The molecule has 0 fully saturated rings. The largest absolute Gasteiger partial charge is 0.493 e. The minimum absolute atomic E-state index is 0.286. The number of ether oxygens (including phenoxy) is 4. The Balaban J connectivity index is 2.09. The molecule has 1 atom stereocenters. The summed E-state index contributed by atoms with van der Waals surface area (Å²) in [4.78, 5) is 25.0. The van der Waals surface area contributed by atoms with Gasteiger partial charge < -0.3 is 18.9 Å². The summed E-state index contributed by atoms with van der Waals surface area (Å²) in [7, 11) is 4.45. The molecule has 1 unspecified atom stereocenters. The number of aryl methyl sites for hydroxylation is 1. The second kappa shape index (κ2) is 6.47. The van der Waals surface area contributed by atoms with Crippen LogP contribution in [0.2, 0.25) is 0 Å². The molecule has 0 spiro atoms. The number of hydrogen-bond acceptors (Lipinski definition) is 6.